The lowest BCUT2D eigenvalue weighted by Gasteiger charge is -2.36. The molecule has 3 aromatic rings. The van der Waals surface area contributed by atoms with Crippen molar-refractivity contribution in [1.29, 1.82) is 0 Å². The summed E-state index contributed by atoms with van der Waals surface area (Å²) >= 11 is 0. The van der Waals surface area contributed by atoms with E-state index in [2.05, 4.69) is 54.2 Å². The van der Waals surface area contributed by atoms with Gasteiger partial charge >= 0.3 is 0 Å². The van der Waals surface area contributed by atoms with E-state index in [9.17, 15) is 5.11 Å². The number of likely N-dealkylation sites (tertiary alicyclic amines) is 1. The monoisotopic (exact) mass is 379 g/mol. The van der Waals surface area contributed by atoms with Gasteiger partial charge in [0.15, 0.2) is 0 Å². The van der Waals surface area contributed by atoms with E-state index in [4.69, 9.17) is 9.40 Å². The van der Waals surface area contributed by atoms with Gasteiger partial charge in [0.25, 0.3) is 0 Å². The number of aliphatic hydroxyl groups is 1. The predicted molar refractivity (Wildman–Crippen MR) is 112 cm³/mol. The van der Waals surface area contributed by atoms with Crippen LogP contribution in [0, 0.1) is 12.8 Å². The van der Waals surface area contributed by atoms with Crippen LogP contribution in [0.2, 0.25) is 0 Å². The number of hydrogen-bond acceptors (Lipinski definition) is 5. The molecule has 1 N–H and O–H groups in total. The molecule has 1 aromatic heterocycles. The minimum Gasteiger partial charge on any atom is -0.441 e. The highest BCUT2D eigenvalue weighted by molar-refractivity contribution is 5.86. The fraction of sp³-hybridized carbons (Fsp3) is 0.435. The molecular formula is C23H29N3O2. The lowest BCUT2D eigenvalue weighted by Crippen LogP contribution is -2.46. The van der Waals surface area contributed by atoms with Crippen molar-refractivity contribution in [3.05, 3.63) is 53.9 Å². The first-order valence-corrected chi connectivity index (χ1v) is 10.0. The van der Waals surface area contributed by atoms with E-state index in [1.165, 1.54) is 10.8 Å². The van der Waals surface area contributed by atoms with Gasteiger partial charge in [-0.2, -0.15) is 0 Å². The molecule has 0 bridgehead atoms. The number of oxazole rings is 1. The molecule has 5 nitrogen and oxygen atoms in total. The number of hydrogen-bond donors (Lipinski definition) is 1. The van der Waals surface area contributed by atoms with Crippen LogP contribution in [-0.2, 0) is 6.54 Å². The molecule has 5 heteroatoms. The number of rotatable bonds is 5. The van der Waals surface area contributed by atoms with Crippen LogP contribution in [0.5, 0.6) is 0 Å². The molecule has 0 amide bonds. The summed E-state index contributed by atoms with van der Waals surface area (Å²) in [7, 11) is 4.12. The van der Waals surface area contributed by atoms with Crippen LogP contribution >= 0.6 is 0 Å². The van der Waals surface area contributed by atoms with E-state index in [0.717, 1.165) is 36.5 Å². The molecule has 28 heavy (non-hydrogen) atoms. The number of nitrogens with zero attached hydrogens (tertiary/aromatic N) is 3. The maximum Gasteiger partial charge on any atom is 0.226 e. The average molecular weight is 380 g/mol. The van der Waals surface area contributed by atoms with E-state index >= 15 is 0 Å². The van der Waals surface area contributed by atoms with E-state index < -0.39 is 0 Å². The summed E-state index contributed by atoms with van der Waals surface area (Å²) in [4.78, 5) is 9.21. The van der Waals surface area contributed by atoms with Gasteiger partial charge in [-0.3, -0.25) is 4.90 Å². The molecule has 1 aliphatic rings. The quantitative estimate of drug-likeness (QED) is 0.735. The largest absolute Gasteiger partial charge is 0.441 e. The SMILES string of the molecule is Cc1oc(-c2ccc3ccccc3c2)nc1CN1CC[C@@H](CN(C)C)[C@H](O)C1. The van der Waals surface area contributed by atoms with Crippen molar-refractivity contribution in [3.63, 3.8) is 0 Å². The maximum atomic E-state index is 10.5. The number of aryl methyl sites for hydroxylation is 1. The number of β-amino-alcohol motifs (C(OH)–C–C–N with tert-alkyl or cyclic N) is 1. The molecule has 1 aliphatic heterocycles. The molecule has 1 saturated heterocycles. The average Bonchev–Trinajstić information content (AvgIpc) is 3.04. The Kier molecular flexibility index (Phi) is 5.49. The van der Waals surface area contributed by atoms with E-state index in [1.807, 2.05) is 19.1 Å². The van der Waals surface area contributed by atoms with Gasteiger partial charge in [-0.1, -0.05) is 30.3 Å². The third kappa shape index (κ3) is 4.12. The highest BCUT2D eigenvalue weighted by Gasteiger charge is 2.28. The molecule has 1 fully saturated rings. The highest BCUT2D eigenvalue weighted by Crippen LogP contribution is 2.27. The van der Waals surface area contributed by atoms with Gasteiger partial charge in [-0.25, -0.2) is 4.98 Å². The molecule has 0 radical (unpaired) electrons. The van der Waals surface area contributed by atoms with Crippen molar-refractivity contribution < 1.29 is 9.52 Å². The zero-order valence-electron chi connectivity index (χ0n) is 16.9. The minimum atomic E-state index is -0.289. The van der Waals surface area contributed by atoms with Crippen LogP contribution in [0.3, 0.4) is 0 Å². The lowest BCUT2D eigenvalue weighted by molar-refractivity contribution is 0.00865. The molecular weight excluding hydrogens is 350 g/mol. The van der Waals surface area contributed by atoms with Crippen molar-refractivity contribution in [1.82, 2.24) is 14.8 Å². The van der Waals surface area contributed by atoms with Crippen molar-refractivity contribution >= 4 is 10.8 Å². The van der Waals surface area contributed by atoms with Gasteiger partial charge in [0.1, 0.15) is 5.76 Å². The Bertz CT molecular complexity index is 950. The van der Waals surface area contributed by atoms with Crippen LogP contribution in [0.1, 0.15) is 17.9 Å². The fourth-order valence-electron chi connectivity index (χ4n) is 4.10. The van der Waals surface area contributed by atoms with Crippen molar-refractivity contribution in [2.45, 2.75) is 26.0 Å². The minimum absolute atomic E-state index is 0.289. The lowest BCUT2D eigenvalue weighted by atomic mass is 9.93. The first-order valence-electron chi connectivity index (χ1n) is 10.0. The number of benzene rings is 2. The molecule has 2 aromatic carbocycles. The number of aromatic nitrogens is 1. The Hall–Kier alpha value is -2.21. The Morgan fingerprint density at radius 1 is 1.18 bits per heavy atom. The molecule has 0 unspecified atom stereocenters. The van der Waals surface area contributed by atoms with Gasteiger partial charge in [-0.15, -0.1) is 0 Å². The van der Waals surface area contributed by atoms with Gasteiger partial charge < -0.3 is 14.4 Å². The third-order valence-corrected chi connectivity index (χ3v) is 5.67. The summed E-state index contributed by atoms with van der Waals surface area (Å²) in [5, 5.41) is 12.9. The van der Waals surface area contributed by atoms with Crippen LogP contribution in [0.4, 0.5) is 0 Å². The van der Waals surface area contributed by atoms with E-state index in [0.29, 0.717) is 24.9 Å². The van der Waals surface area contributed by atoms with Gasteiger partial charge in [-0.05, 0) is 62.8 Å². The smallest absolute Gasteiger partial charge is 0.226 e. The van der Waals surface area contributed by atoms with Crippen molar-refractivity contribution in [2.24, 2.45) is 5.92 Å². The second-order valence-corrected chi connectivity index (χ2v) is 8.20. The van der Waals surface area contributed by atoms with Crippen LogP contribution in [0.15, 0.2) is 46.9 Å². The Labute approximate surface area is 166 Å². The predicted octanol–water partition coefficient (Wildman–Crippen LogP) is 3.55. The summed E-state index contributed by atoms with van der Waals surface area (Å²) in [6.45, 7) is 5.30. The summed E-state index contributed by atoms with van der Waals surface area (Å²) in [5.74, 6) is 1.87. The zero-order valence-corrected chi connectivity index (χ0v) is 16.9. The summed E-state index contributed by atoms with van der Waals surface area (Å²) in [6.07, 6.45) is 0.719. The molecule has 4 rings (SSSR count). The van der Waals surface area contributed by atoms with Gasteiger partial charge in [0.05, 0.1) is 11.8 Å². The normalized spacial score (nSPS) is 20.9. The Morgan fingerprint density at radius 3 is 2.71 bits per heavy atom. The first-order chi connectivity index (χ1) is 13.5. The molecule has 0 spiro atoms. The second-order valence-electron chi connectivity index (χ2n) is 8.20. The summed E-state index contributed by atoms with van der Waals surface area (Å²) in [5.41, 5.74) is 1.96. The van der Waals surface area contributed by atoms with E-state index in [-0.39, 0.29) is 6.10 Å². The highest BCUT2D eigenvalue weighted by atomic mass is 16.4. The molecule has 148 valence electrons. The number of piperidine rings is 1. The van der Waals surface area contributed by atoms with Crippen molar-refractivity contribution in [3.8, 4) is 11.5 Å². The summed E-state index contributed by atoms with van der Waals surface area (Å²) in [6, 6.07) is 14.6. The number of fused-ring (bicyclic) bond motifs is 1. The molecule has 2 atom stereocenters. The second kappa shape index (κ2) is 8.03. The van der Waals surface area contributed by atoms with Crippen LogP contribution in [0.25, 0.3) is 22.2 Å². The topological polar surface area (TPSA) is 52.7 Å². The fourth-order valence-corrected chi connectivity index (χ4v) is 4.10. The van der Waals surface area contributed by atoms with E-state index in [1.54, 1.807) is 0 Å². The summed E-state index contributed by atoms with van der Waals surface area (Å²) < 4.78 is 5.98. The standard InChI is InChI=1S/C23H29N3O2/c1-16-21(14-26-11-10-20(13-25(2)3)22(27)15-26)24-23(28-16)19-9-8-17-6-4-5-7-18(17)12-19/h4-9,12,20,22,27H,10-11,13-15H2,1-3H3/t20-,22+/m0/s1. The molecule has 0 aliphatic carbocycles. The molecule has 0 saturated carbocycles. The Morgan fingerprint density at radius 2 is 1.96 bits per heavy atom. The first kappa shape index (κ1) is 19.1. The van der Waals surface area contributed by atoms with Crippen LogP contribution < -0.4 is 0 Å². The zero-order chi connectivity index (χ0) is 19.7. The van der Waals surface area contributed by atoms with Crippen molar-refractivity contribution in [2.75, 3.05) is 33.7 Å². The molecule has 2 heterocycles. The number of aliphatic hydroxyl groups excluding tert-OH is 1. The Balaban J connectivity index is 1.47. The maximum absolute atomic E-state index is 10.5. The third-order valence-electron chi connectivity index (χ3n) is 5.67. The van der Waals surface area contributed by atoms with Gasteiger partial charge in [0.2, 0.25) is 5.89 Å². The van der Waals surface area contributed by atoms with Crippen LogP contribution in [-0.4, -0.2) is 59.7 Å². The van der Waals surface area contributed by atoms with Gasteiger partial charge in [0, 0.05) is 25.2 Å².